The Hall–Kier alpha value is -2.36. The van der Waals surface area contributed by atoms with E-state index in [4.69, 9.17) is 0 Å². The maximum Gasteiger partial charge on any atom is 0.326 e. The number of fused-ring (bicyclic) bond motifs is 1. The molecule has 1 fully saturated rings. The van der Waals surface area contributed by atoms with Crippen molar-refractivity contribution in [2.24, 2.45) is 0 Å². The van der Waals surface area contributed by atoms with Crippen LogP contribution in [0.15, 0.2) is 42.5 Å². The van der Waals surface area contributed by atoms with Crippen molar-refractivity contribution in [1.82, 2.24) is 4.90 Å². The van der Waals surface area contributed by atoms with E-state index in [2.05, 4.69) is 0 Å². The Morgan fingerprint density at radius 2 is 1.95 bits per heavy atom. The second-order valence-corrected chi connectivity index (χ2v) is 5.05. The molecule has 1 atom stereocenters. The summed E-state index contributed by atoms with van der Waals surface area (Å²) in [6.45, 7) is 0.358. The zero-order chi connectivity index (χ0) is 14.1. The highest BCUT2D eigenvalue weighted by molar-refractivity contribution is 5.89. The van der Waals surface area contributed by atoms with Crippen molar-refractivity contribution in [2.75, 3.05) is 0 Å². The van der Waals surface area contributed by atoms with E-state index in [1.807, 2.05) is 42.5 Å². The molecular formula is C16H15NO3. The van der Waals surface area contributed by atoms with E-state index in [0.717, 1.165) is 16.3 Å². The molecular weight excluding hydrogens is 254 g/mol. The summed E-state index contributed by atoms with van der Waals surface area (Å²) in [6, 6.07) is 13.1. The van der Waals surface area contributed by atoms with Gasteiger partial charge in [-0.05, 0) is 22.8 Å². The standard InChI is InChI=1S/C16H15NO3/c18-15-9-8-14(16(19)20)17(15)10-12-6-3-5-11-4-1-2-7-13(11)12/h1-7,14H,8-10H2,(H,19,20)/t14-/m1/s1. The molecule has 0 aliphatic carbocycles. The van der Waals surface area contributed by atoms with Crippen LogP contribution in [0.2, 0.25) is 0 Å². The predicted molar refractivity (Wildman–Crippen MR) is 75.2 cm³/mol. The molecule has 1 amide bonds. The molecule has 4 nitrogen and oxygen atoms in total. The van der Waals surface area contributed by atoms with Gasteiger partial charge in [0.1, 0.15) is 6.04 Å². The van der Waals surface area contributed by atoms with E-state index in [-0.39, 0.29) is 5.91 Å². The molecule has 1 N–H and O–H groups in total. The predicted octanol–water partition coefficient (Wildman–Crippen LogP) is 2.42. The van der Waals surface area contributed by atoms with Gasteiger partial charge in [0.2, 0.25) is 5.91 Å². The first-order valence-corrected chi connectivity index (χ1v) is 6.66. The number of carbonyl (C=O) groups is 2. The van der Waals surface area contributed by atoms with Crippen LogP contribution in [0.1, 0.15) is 18.4 Å². The van der Waals surface area contributed by atoms with Crippen molar-refractivity contribution in [3.8, 4) is 0 Å². The maximum absolute atomic E-state index is 11.9. The summed E-state index contributed by atoms with van der Waals surface area (Å²) in [5.74, 6) is -0.999. The van der Waals surface area contributed by atoms with Gasteiger partial charge in [0, 0.05) is 13.0 Å². The Balaban J connectivity index is 1.96. The minimum absolute atomic E-state index is 0.0784. The van der Waals surface area contributed by atoms with Crippen LogP contribution in [0.25, 0.3) is 10.8 Å². The zero-order valence-corrected chi connectivity index (χ0v) is 11.0. The number of benzene rings is 2. The van der Waals surface area contributed by atoms with E-state index >= 15 is 0 Å². The summed E-state index contributed by atoms with van der Waals surface area (Å²) >= 11 is 0. The minimum Gasteiger partial charge on any atom is -0.480 e. The van der Waals surface area contributed by atoms with Crippen molar-refractivity contribution < 1.29 is 14.7 Å². The number of nitrogens with zero attached hydrogens (tertiary/aromatic N) is 1. The topological polar surface area (TPSA) is 57.6 Å². The van der Waals surface area contributed by atoms with Gasteiger partial charge in [0.05, 0.1) is 0 Å². The van der Waals surface area contributed by atoms with Crippen LogP contribution < -0.4 is 0 Å². The van der Waals surface area contributed by atoms with Crippen molar-refractivity contribution in [2.45, 2.75) is 25.4 Å². The molecule has 0 bridgehead atoms. The second kappa shape index (κ2) is 4.96. The van der Waals surface area contributed by atoms with E-state index in [9.17, 15) is 14.7 Å². The SMILES string of the molecule is O=C(O)[C@H]1CCC(=O)N1Cc1cccc2ccccc12. The Kier molecular flexibility index (Phi) is 3.14. The van der Waals surface area contributed by atoms with Crippen LogP contribution in [0.3, 0.4) is 0 Å². The first-order chi connectivity index (χ1) is 9.66. The maximum atomic E-state index is 11.9. The summed E-state index contributed by atoms with van der Waals surface area (Å²) < 4.78 is 0. The third-order valence-electron chi connectivity index (χ3n) is 3.83. The summed E-state index contributed by atoms with van der Waals surface area (Å²) in [7, 11) is 0. The summed E-state index contributed by atoms with van der Waals surface area (Å²) in [5.41, 5.74) is 0.990. The Morgan fingerprint density at radius 1 is 1.20 bits per heavy atom. The average molecular weight is 269 g/mol. The van der Waals surface area contributed by atoms with Gasteiger partial charge in [0.25, 0.3) is 0 Å². The van der Waals surface area contributed by atoms with Gasteiger partial charge in [-0.2, -0.15) is 0 Å². The first-order valence-electron chi connectivity index (χ1n) is 6.66. The van der Waals surface area contributed by atoms with Crippen LogP contribution in [0.5, 0.6) is 0 Å². The van der Waals surface area contributed by atoms with Crippen LogP contribution >= 0.6 is 0 Å². The van der Waals surface area contributed by atoms with E-state index < -0.39 is 12.0 Å². The molecule has 1 saturated heterocycles. The number of carboxylic acid groups (broad SMARTS) is 1. The van der Waals surface area contributed by atoms with Crippen molar-refractivity contribution >= 4 is 22.6 Å². The molecule has 0 unspecified atom stereocenters. The lowest BCUT2D eigenvalue weighted by Crippen LogP contribution is -2.37. The molecule has 1 aliphatic rings. The van der Waals surface area contributed by atoms with E-state index in [1.54, 1.807) is 0 Å². The fraction of sp³-hybridized carbons (Fsp3) is 0.250. The number of carbonyl (C=O) groups excluding carboxylic acids is 1. The highest BCUT2D eigenvalue weighted by Gasteiger charge is 2.35. The van der Waals surface area contributed by atoms with Gasteiger partial charge in [-0.3, -0.25) is 4.79 Å². The molecule has 2 aromatic carbocycles. The number of hydrogen-bond donors (Lipinski definition) is 1. The number of carboxylic acids is 1. The third kappa shape index (κ3) is 2.13. The summed E-state index contributed by atoms with van der Waals surface area (Å²) in [6.07, 6.45) is 0.723. The molecule has 4 heteroatoms. The van der Waals surface area contributed by atoms with Crippen LogP contribution in [0, 0.1) is 0 Å². The van der Waals surface area contributed by atoms with Crippen LogP contribution in [-0.2, 0) is 16.1 Å². The highest BCUT2D eigenvalue weighted by atomic mass is 16.4. The first kappa shape index (κ1) is 12.7. The molecule has 1 aliphatic heterocycles. The Morgan fingerprint density at radius 3 is 2.75 bits per heavy atom. The zero-order valence-electron chi connectivity index (χ0n) is 11.0. The normalized spacial score (nSPS) is 18.7. The number of rotatable bonds is 3. The van der Waals surface area contributed by atoms with Gasteiger partial charge in [-0.15, -0.1) is 0 Å². The van der Waals surface area contributed by atoms with Crippen molar-refractivity contribution in [3.63, 3.8) is 0 Å². The lowest BCUT2D eigenvalue weighted by atomic mass is 10.0. The molecule has 0 aromatic heterocycles. The van der Waals surface area contributed by atoms with Gasteiger partial charge < -0.3 is 10.0 Å². The lowest BCUT2D eigenvalue weighted by molar-refractivity contribution is -0.146. The summed E-state index contributed by atoms with van der Waals surface area (Å²) in [4.78, 5) is 24.6. The monoisotopic (exact) mass is 269 g/mol. The number of likely N-dealkylation sites (tertiary alicyclic amines) is 1. The quantitative estimate of drug-likeness (QED) is 0.931. The molecule has 1 heterocycles. The summed E-state index contributed by atoms with van der Waals surface area (Å²) in [5, 5.41) is 11.4. The Labute approximate surface area is 116 Å². The molecule has 3 rings (SSSR count). The van der Waals surface area contributed by atoms with Gasteiger partial charge in [0.15, 0.2) is 0 Å². The molecule has 2 aromatic rings. The molecule has 0 radical (unpaired) electrons. The van der Waals surface area contributed by atoms with E-state index in [0.29, 0.717) is 19.4 Å². The molecule has 20 heavy (non-hydrogen) atoms. The second-order valence-electron chi connectivity index (χ2n) is 5.05. The molecule has 0 saturated carbocycles. The fourth-order valence-electron chi connectivity index (χ4n) is 2.80. The lowest BCUT2D eigenvalue weighted by Gasteiger charge is -2.22. The fourth-order valence-corrected chi connectivity index (χ4v) is 2.80. The minimum atomic E-state index is -0.920. The van der Waals surface area contributed by atoms with E-state index in [1.165, 1.54) is 4.90 Å². The Bertz CT molecular complexity index is 675. The van der Waals surface area contributed by atoms with Crippen LogP contribution in [0.4, 0.5) is 0 Å². The van der Waals surface area contributed by atoms with Crippen molar-refractivity contribution in [3.05, 3.63) is 48.0 Å². The van der Waals surface area contributed by atoms with Gasteiger partial charge in [-0.1, -0.05) is 42.5 Å². The number of amides is 1. The van der Waals surface area contributed by atoms with Crippen molar-refractivity contribution in [1.29, 1.82) is 0 Å². The van der Waals surface area contributed by atoms with Crippen LogP contribution in [-0.4, -0.2) is 27.9 Å². The number of hydrogen-bond acceptors (Lipinski definition) is 2. The van der Waals surface area contributed by atoms with Gasteiger partial charge >= 0.3 is 5.97 Å². The molecule has 102 valence electrons. The number of aliphatic carboxylic acids is 1. The smallest absolute Gasteiger partial charge is 0.326 e. The van der Waals surface area contributed by atoms with Gasteiger partial charge in [-0.25, -0.2) is 4.79 Å². The average Bonchev–Trinajstić information content (AvgIpc) is 2.81. The third-order valence-corrected chi connectivity index (χ3v) is 3.83. The highest BCUT2D eigenvalue weighted by Crippen LogP contribution is 2.25. The largest absolute Gasteiger partial charge is 0.480 e. The molecule has 0 spiro atoms.